The molecule has 1 aliphatic heterocycles. The zero-order valence-corrected chi connectivity index (χ0v) is 15.5. The number of nitrogens with one attached hydrogen (secondary N) is 1. The molecule has 3 heterocycles. The van der Waals surface area contributed by atoms with Crippen molar-refractivity contribution in [3.63, 3.8) is 0 Å². The number of aromatic nitrogens is 3. The molecule has 0 fully saturated rings. The van der Waals surface area contributed by atoms with Crippen LogP contribution >= 0.6 is 0 Å². The molecule has 26 heavy (non-hydrogen) atoms. The summed E-state index contributed by atoms with van der Waals surface area (Å²) < 4.78 is 3.45. The molecule has 140 valence electrons. The van der Waals surface area contributed by atoms with Gasteiger partial charge in [-0.25, -0.2) is 0 Å². The monoisotopic (exact) mass is 357 g/mol. The van der Waals surface area contributed by atoms with E-state index in [4.69, 9.17) is 0 Å². The topological polar surface area (TPSA) is 72.2 Å². The van der Waals surface area contributed by atoms with Crippen molar-refractivity contribution >= 4 is 5.91 Å². The van der Waals surface area contributed by atoms with Crippen LogP contribution in [0, 0.1) is 5.92 Å². The maximum absolute atomic E-state index is 12.1. The van der Waals surface area contributed by atoms with E-state index in [-0.39, 0.29) is 18.0 Å². The molecule has 0 radical (unpaired) electrons. The minimum Gasteiger partial charge on any atom is -0.349 e. The van der Waals surface area contributed by atoms with Crippen LogP contribution in [0.2, 0.25) is 0 Å². The van der Waals surface area contributed by atoms with Gasteiger partial charge in [0.15, 0.2) is 0 Å². The lowest BCUT2D eigenvalue weighted by Gasteiger charge is -2.21. The number of rotatable bonds is 6. The van der Waals surface area contributed by atoms with E-state index in [9.17, 15) is 9.59 Å². The summed E-state index contributed by atoms with van der Waals surface area (Å²) in [5.41, 5.74) is 1.88. The molecule has 0 aliphatic carbocycles. The van der Waals surface area contributed by atoms with E-state index in [0.717, 1.165) is 38.3 Å². The molecule has 1 amide bonds. The zero-order valence-electron chi connectivity index (χ0n) is 15.5. The van der Waals surface area contributed by atoms with Gasteiger partial charge in [-0.1, -0.05) is 19.9 Å². The van der Waals surface area contributed by atoms with Crippen LogP contribution in [-0.2, 0) is 31.0 Å². The molecule has 7 heteroatoms. The highest BCUT2D eigenvalue weighted by Crippen LogP contribution is 2.15. The number of hydrogen-bond acceptors (Lipinski definition) is 4. The van der Waals surface area contributed by atoms with Crippen molar-refractivity contribution in [3.05, 3.63) is 52.2 Å². The van der Waals surface area contributed by atoms with Gasteiger partial charge in [0.25, 0.3) is 5.56 Å². The summed E-state index contributed by atoms with van der Waals surface area (Å²) in [7, 11) is 0. The van der Waals surface area contributed by atoms with Crippen LogP contribution in [0.5, 0.6) is 0 Å². The Hall–Kier alpha value is -2.41. The van der Waals surface area contributed by atoms with Crippen molar-refractivity contribution in [3.8, 4) is 0 Å². The number of carbonyl (C=O) groups excluding carboxylic acids is 1. The zero-order chi connectivity index (χ0) is 18.5. The Morgan fingerprint density at radius 3 is 2.92 bits per heavy atom. The van der Waals surface area contributed by atoms with E-state index in [1.807, 2.05) is 0 Å². The third kappa shape index (κ3) is 4.82. The number of nitrogens with zero attached hydrogens (tertiary/aromatic N) is 4. The molecule has 1 N–H and O–H groups in total. The van der Waals surface area contributed by atoms with Gasteiger partial charge in [-0.05, 0) is 24.5 Å². The van der Waals surface area contributed by atoms with Gasteiger partial charge in [-0.15, -0.1) is 0 Å². The van der Waals surface area contributed by atoms with Crippen LogP contribution in [0.3, 0.4) is 0 Å². The molecule has 7 nitrogen and oxygen atoms in total. The third-order valence-corrected chi connectivity index (χ3v) is 4.45. The first kappa shape index (κ1) is 18.4. The fourth-order valence-electron chi connectivity index (χ4n) is 3.34. The summed E-state index contributed by atoms with van der Waals surface area (Å²) in [6.45, 7) is 8.88. The Balaban J connectivity index is 1.57. The predicted molar refractivity (Wildman–Crippen MR) is 99.5 cm³/mol. The van der Waals surface area contributed by atoms with Gasteiger partial charge in [0.1, 0.15) is 6.54 Å². The molecule has 0 unspecified atom stereocenters. The van der Waals surface area contributed by atoms with Crippen LogP contribution in [0.1, 0.15) is 31.7 Å². The van der Waals surface area contributed by atoms with Crippen molar-refractivity contribution in [2.45, 2.75) is 46.4 Å². The van der Waals surface area contributed by atoms with Gasteiger partial charge >= 0.3 is 0 Å². The second kappa shape index (κ2) is 8.31. The largest absolute Gasteiger partial charge is 0.349 e. The van der Waals surface area contributed by atoms with Gasteiger partial charge in [0, 0.05) is 38.4 Å². The van der Waals surface area contributed by atoms with E-state index < -0.39 is 0 Å². The summed E-state index contributed by atoms with van der Waals surface area (Å²) in [6.07, 6.45) is 2.70. The molecule has 1 aliphatic rings. The Kier molecular flexibility index (Phi) is 5.88. The number of carbonyl (C=O) groups is 1. The molecule has 0 saturated heterocycles. The van der Waals surface area contributed by atoms with Gasteiger partial charge in [-0.3, -0.25) is 19.2 Å². The van der Waals surface area contributed by atoms with E-state index in [2.05, 4.69) is 39.9 Å². The molecule has 0 spiro atoms. The molecule has 2 aromatic rings. The summed E-state index contributed by atoms with van der Waals surface area (Å²) in [5.74, 6) is 0.451. The number of fused-ring (bicyclic) bond motifs is 1. The van der Waals surface area contributed by atoms with Crippen LogP contribution in [0.4, 0.5) is 0 Å². The third-order valence-electron chi connectivity index (χ3n) is 4.45. The second-order valence-electron chi connectivity index (χ2n) is 7.28. The van der Waals surface area contributed by atoms with Crippen LogP contribution in [0.15, 0.2) is 35.3 Å². The maximum Gasteiger partial charge on any atom is 0.250 e. The van der Waals surface area contributed by atoms with Crippen molar-refractivity contribution in [1.82, 2.24) is 24.6 Å². The number of amides is 1. The fourth-order valence-corrected chi connectivity index (χ4v) is 3.34. The lowest BCUT2D eigenvalue weighted by molar-refractivity contribution is -0.121. The molecule has 0 saturated carbocycles. The lowest BCUT2D eigenvalue weighted by atomic mass is 10.2. The Morgan fingerprint density at radius 1 is 1.31 bits per heavy atom. The maximum atomic E-state index is 12.1. The number of pyridine rings is 1. The fraction of sp³-hybridized carbons (Fsp3) is 0.526. The minimum absolute atomic E-state index is 0.0232. The molecule has 2 aromatic heterocycles. The Labute approximate surface area is 153 Å². The minimum atomic E-state index is -0.192. The Morgan fingerprint density at radius 2 is 2.15 bits per heavy atom. The van der Waals surface area contributed by atoms with Crippen molar-refractivity contribution in [2.24, 2.45) is 5.92 Å². The van der Waals surface area contributed by atoms with Gasteiger partial charge < -0.3 is 9.88 Å². The quantitative estimate of drug-likeness (QED) is 0.844. The SMILES string of the molecule is CC(C)CN1CCCn2nc(CNC(=O)Cn3ccccc3=O)cc2C1. The molecular formula is C19H27N5O2. The van der Waals surface area contributed by atoms with Crippen LogP contribution in [0.25, 0.3) is 0 Å². The van der Waals surface area contributed by atoms with Crippen molar-refractivity contribution in [1.29, 1.82) is 0 Å². The Bertz CT molecular complexity index is 808. The molecular weight excluding hydrogens is 330 g/mol. The first-order valence-electron chi connectivity index (χ1n) is 9.21. The van der Waals surface area contributed by atoms with E-state index in [0.29, 0.717) is 12.5 Å². The number of aryl methyl sites for hydroxylation is 1. The van der Waals surface area contributed by atoms with Gasteiger partial charge in [0.05, 0.1) is 17.9 Å². The average molecular weight is 357 g/mol. The standard InChI is InChI=1S/C19H27N5O2/c1-15(2)12-22-7-5-9-24-17(13-22)10-16(21-24)11-20-18(25)14-23-8-4-3-6-19(23)26/h3-4,6,8,10,15H,5,7,9,11-14H2,1-2H3,(H,20,25). The van der Waals surface area contributed by atoms with E-state index in [1.54, 1.807) is 18.3 Å². The van der Waals surface area contributed by atoms with Crippen molar-refractivity contribution in [2.75, 3.05) is 13.1 Å². The van der Waals surface area contributed by atoms with Crippen LogP contribution < -0.4 is 10.9 Å². The summed E-state index contributed by atoms with van der Waals surface area (Å²) in [5, 5.41) is 7.48. The predicted octanol–water partition coefficient (Wildman–Crippen LogP) is 1.22. The summed E-state index contributed by atoms with van der Waals surface area (Å²) in [6, 6.07) is 6.93. The summed E-state index contributed by atoms with van der Waals surface area (Å²) in [4.78, 5) is 26.2. The smallest absolute Gasteiger partial charge is 0.250 e. The lowest BCUT2D eigenvalue weighted by Crippen LogP contribution is -2.31. The second-order valence-corrected chi connectivity index (χ2v) is 7.28. The highest BCUT2D eigenvalue weighted by molar-refractivity contribution is 5.75. The molecule has 3 rings (SSSR count). The van der Waals surface area contributed by atoms with Gasteiger partial charge in [-0.2, -0.15) is 5.10 Å². The molecule has 0 atom stereocenters. The number of hydrogen-bond donors (Lipinski definition) is 1. The summed E-state index contributed by atoms with van der Waals surface area (Å²) >= 11 is 0. The highest BCUT2D eigenvalue weighted by Gasteiger charge is 2.17. The first-order valence-corrected chi connectivity index (χ1v) is 9.21. The van der Waals surface area contributed by atoms with E-state index >= 15 is 0 Å². The highest BCUT2D eigenvalue weighted by atomic mass is 16.2. The molecule has 0 bridgehead atoms. The average Bonchev–Trinajstić information content (AvgIpc) is 2.87. The van der Waals surface area contributed by atoms with Crippen LogP contribution in [-0.4, -0.2) is 38.2 Å². The van der Waals surface area contributed by atoms with Gasteiger partial charge in [0.2, 0.25) is 5.91 Å². The van der Waals surface area contributed by atoms with E-state index in [1.165, 1.54) is 16.3 Å². The van der Waals surface area contributed by atoms with Crippen molar-refractivity contribution < 1.29 is 4.79 Å². The normalized spacial score (nSPS) is 14.9. The molecule has 0 aromatic carbocycles. The first-order chi connectivity index (χ1) is 12.5.